The molecule has 0 bridgehead atoms. The predicted octanol–water partition coefficient (Wildman–Crippen LogP) is 4.84. The molecule has 3 aromatic carbocycles. The van der Waals surface area contributed by atoms with Crippen LogP contribution in [0.2, 0.25) is 0 Å². The SMILES string of the molecule is CN1CCN(Cc2ccccc2-c2ccccc2)CC1c1ccccc1. The topological polar surface area (TPSA) is 6.48 Å². The maximum atomic E-state index is 2.60. The first-order valence-electron chi connectivity index (χ1n) is 9.42. The van der Waals surface area contributed by atoms with Gasteiger partial charge in [0.1, 0.15) is 0 Å². The molecule has 2 nitrogen and oxygen atoms in total. The number of likely N-dealkylation sites (N-methyl/N-ethyl adjacent to an activating group) is 1. The summed E-state index contributed by atoms with van der Waals surface area (Å²) in [7, 11) is 2.24. The van der Waals surface area contributed by atoms with Crippen molar-refractivity contribution in [1.29, 1.82) is 0 Å². The molecule has 1 atom stereocenters. The van der Waals surface area contributed by atoms with E-state index < -0.39 is 0 Å². The van der Waals surface area contributed by atoms with Gasteiger partial charge in [-0.1, -0.05) is 84.9 Å². The van der Waals surface area contributed by atoms with Gasteiger partial charge in [-0.3, -0.25) is 9.80 Å². The van der Waals surface area contributed by atoms with Gasteiger partial charge in [0, 0.05) is 32.2 Å². The number of piperazine rings is 1. The fourth-order valence-corrected chi connectivity index (χ4v) is 3.91. The molecule has 0 N–H and O–H groups in total. The molecule has 0 aromatic heterocycles. The van der Waals surface area contributed by atoms with Crippen LogP contribution in [0.15, 0.2) is 84.9 Å². The van der Waals surface area contributed by atoms with Crippen LogP contribution in [0.4, 0.5) is 0 Å². The summed E-state index contributed by atoms with van der Waals surface area (Å²) in [6.07, 6.45) is 0. The molecule has 2 heteroatoms. The molecule has 1 unspecified atom stereocenters. The van der Waals surface area contributed by atoms with Gasteiger partial charge in [-0.15, -0.1) is 0 Å². The fourth-order valence-electron chi connectivity index (χ4n) is 3.91. The Kier molecular flexibility index (Phi) is 5.14. The van der Waals surface area contributed by atoms with Crippen LogP contribution in [-0.4, -0.2) is 36.5 Å². The van der Waals surface area contributed by atoms with Crippen LogP contribution in [0.25, 0.3) is 11.1 Å². The Balaban J connectivity index is 1.55. The van der Waals surface area contributed by atoms with E-state index in [2.05, 4.69) is 102 Å². The summed E-state index contributed by atoms with van der Waals surface area (Å²) in [6.45, 7) is 4.29. The van der Waals surface area contributed by atoms with Crippen molar-refractivity contribution in [2.24, 2.45) is 0 Å². The van der Waals surface area contributed by atoms with Gasteiger partial charge < -0.3 is 0 Å². The molecule has 0 saturated carbocycles. The van der Waals surface area contributed by atoms with E-state index in [1.807, 2.05) is 0 Å². The molecule has 0 aliphatic carbocycles. The lowest BCUT2D eigenvalue weighted by molar-refractivity contribution is 0.0906. The third-order valence-electron chi connectivity index (χ3n) is 5.41. The Morgan fingerprint density at radius 1 is 0.769 bits per heavy atom. The van der Waals surface area contributed by atoms with Gasteiger partial charge in [0.05, 0.1) is 0 Å². The highest BCUT2D eigenvalue weighted by molar-refractivity contribution is 5.67. The lowest BCUT2D eigenvalue weighted by Crippen LogP contribution is -2.46. The van der Waals surface area contributed by atoms with E-state index in [0.29, 0.717) is 6.04 Å². The summed E-state index contributed by atoms with van der Waals surface area (Å²) in [5.41, 5.74) is 5.48. The minimum absolute atomic E-state index is 0.467. The van der Waals surface area contributed by atoms with Crippen molar-refractivity contribution in [3.05, 3.63) is 96.1 Å². The Hall–Kier alpha value is -2.42. The Bertz CT molecular complexity index is 829. The Labute approximate surface area is 156 Å². The molecule has 26 heavy (non-hydrogen) atoms. The molecule has 1 aliphatic rings. The molecule has 0 amide bonds. The summed E-state index contributed by atoms with van der Waals surface area (Å²) in [5.74, 6) is 0. The van der Waals surface area contributed by atoms with Crippen LogP contribution in [-0.2, 0) is 6.54 Å². The number of benzene rings is 3. The van der Waals surface area contributed by atoms with Crippen molar-refractivity contribution in [3.8, 4) is 11.1 Å². The monoisotopic (exact) mass is 342 g/mol. The molecule has 1 heterocycles. The van der Waals surface area contributed by atoms with Gasteiger partial charge in [0.25, 0.3) is 0 Å². The van der Waals surface area contributed by atoms with Gasteiger partial charge in [0.2, 0.25) is 0 Å². The summed E-state index contributed by atoms with van der Waals surface area (Å²) in [6, 6.07) is 30.9. The number of hydrogen-bond donors (Lipinski definition) is 0. The molecule has 1 aliphatic heterocycles. The van der Waals surface area contributed by atoms with Crippen LogP contribution in [0.5, 0.6) is 0 Å². The minimum atomic E-state index is 0.467. The maximum Gasteiger partial charge on any atom is 0.0472 e. The third kappa shape index (κ3) is 3.72. The first kappa shape index (κ1) is 17.0. The Morgan fingerprint density at radius 2 is 1.42 bits per heavy atom. The van der Waals surface area contributed by atoms with Crippen molar-refractivity contribution >= 4 is 0 Å². The molecular weight excluding hydrogens is 316 g/mol. The second kappa shape index (κ2) is 7.86. The highest BCUT2D eigenvalue weighted by Crippen LogP contribution is 2.28. The first-order chi connectivity index (χ1) is 12.8. The standard InChI is InChI=1S/C24H26N2/c1-25-16-17-26(19-24(25)21-12-6-3-7-13-21)18-22-14-8-9-15-23(22)20-10-4-2-5-11-20/h2-15,24H,16-19H2,1H3. The van der Waals surface area contributed by atoms with E-state index in [1.54, 1.807) is 0 Å². The molecule has 3 aromatic rings. The smallest absolute Gasteiger partial charge is 0.0472 e. The van der Waals surface area contributed by atoms with E-state index in [9.17, 15) is 0 Å². The molecule has 132 valence electrons. The van der Waals surface area contributed by atoms with Crippen molar-refractivity contribution < 1.29 is 0 Å². The van der Waals surface area contributed by atoms with Gasteiger partial charge in [0.15, 0.2) is 0 Å². The van der Waals surface area contributed by atoms with Crippen molar-refractivity contribution in [1.82, 2.24) is 9.80 Å². The van der Waals surface area contributed by atoms with Gasteiger partial charge in [-0.2, -0.15) is 0 Å². The number of nitrogens with zero attached hydrogens (tertiary/aromatic N) is 2. The Morgan fingerprint density at radius 3 is 2.19 bits per heavy atom. The van der Waals surface area contributed by atoms with Gasteiger partial charge in [-0.05, 0) is 29.3 Å². The molecule has 1 saturated heterocycles. The van der Waals surface area contributed by atoms with E-state index in [4.69, 9.17) is 0 Å². The second-order valence-electron chi connectivity index (χ2n) is 7.17. The van der Waals surface area contributed by atoms with Gasteiger partial charge >= 0.3 is 0 Å². The van der Waals surface area contributed by atoms with E-state index in [1.165, 1.54) is 22.3 Å². The normalized spacial score (nSPS) is 18.7. The molecule has 0 radical (unpaired) electrons. The molecular formula is C24H26N2. The zero-order chi connectivity index (χ0) is 17.8. The molecule has 1 fully saturated rings. The van der Waals surface area contributed by atoms with E-state index in [0.717, 1.165) is 26.2 Å². The van der Waals surface area contributed by atoms with Crippen LogP contribution >= 0.6 is 0 Å². The van der Waals surface area contributed by atoms with E-state index >= 15 is 0 Å². The predicted molar refractivity (Wildman–Crippen MR) is 109 cm³/mol. The van der Waals surface area contributed by atoms with Crippen LogP contribution in [0.1, 0.15) is 17.2 Å². The lowest BCUT2D eigenvalue weighted by Gasteiger charge is -2.40. The molecule has 0 spiro atoms. The fraction of sp³-hybridized carbons (Fsp3) is 0.250. The van der Waals surface area contributed by atoms with Crippen molar-refractivity contribution in [2.75, 3.05) is 26.7 Å². The van der Waals surface area contributed by atoms with Crippen molar-refractivity contribution in [2.45, 2.75) is 12.6 Å². The lowest BCUT2D eigenvalue weighted by atomic mass is 9.98. The third-order valence-corrected chi connectivity index (χ3v) is 5.41. The summed E-state index contributed by atoms with van der Waals surface area (Å²) in [5, 5.41) is 0. The number of rotatable bonds is 4. The van der Waals surface area contributed by atoms with Crippen molar-refractivity contribution in [3.63, 3.8) is 0 Å². The number of hydrogen-bond acceptors (Lipinski definition) is 2. The van der Waals surface area contributed by atoms with Crippen LogP contribution < -0.4 is 0 Å². The molecule has 4 rings (SSSR count). The second-order valence-corrected chi connectivity index (χ2v) is 7.17. The summed E-state index contributed by atoms with van der Waals surface area (Å²) >= 11 is 0. The average Bonchev–Trinajstić information content (AvgIpc) is 2.71. The summed E-state index contributed by atoms with van der Waals surface area (Å²) < 4.78 is 0. The minimum Gasteiger partial charge on any atom is -0.297 e. The highest BCUT2D eigenvalue weighted by atomic mass is 15.3. The highest BCUT2D eigenvalue weighted by Gasteiger charge is 2.25. The van der Waals surface area contributed by atoms with E-state index in [-0.39, 0.29) is 0 Å². The quantitative estimate of drug-likeness (QED) is 0.669. The average molecular weight is 342 g/mol. The van der Waals surface area contributed by atoms with Gasteiger partial charge in [-0.25, -0.2) is 0 Å². The first-order valence-corrected chi connectivity index (χ1v) is 9.42. The maximum absolute atomic E-state index is 2.60. The summed E-state index contributed by atoms with van der Waals surface area (Å²) in [4.78, 5) is 5.08. The van der Waals surface area contributed by atoms with Crippen LogP contribution in [0.3, 0.4) is 0 Å². The zero-order valence-corrected chi connectivity index (χ0v) is 15.4. The largest absolute Gasteiger partial charge is 0.297 e. The van der Waals surface area contributed by atoms with Crippen LogP contribution in [0, 0.1) is 0 Å². The zero-order valence-electron chi connectivity index (χ0n) is 15.4.